The highest BCUT2D eigenvalue weighted by molar-refractivity contribution is 7.89. The third-order valence-corrected chi connectivity index (χ3v) is 6.67. The SMILES string of the molecule is COc1ccc(-n2c(O)c(/C=N\NS(=O)(=O)c3ccc(C)cc3)c3ccccc3c2=O)cc1OC. The molecule has 10 heteroatoms. The van der Waals surface area contributed by atoms with Crippen LogP contribution in [-0.4, -0.2) is 38.5 Å². The van der Waals surface area contributed by atoms with Gasteiger partial charge in [0.2, 0.25) is 5.88 Å². The Labute approximate surface area is 201 Å². The molecule has 35 heavy (non-hydrogen) atoms. The van der Waals surface area contributed by atoms with E-state index in [0.717, 1.165) is 10.1 Å². The molecule has 0 radical (unpaired) electrons. The Hall–Kier alpha value is -4.31. The minimum atomic E-state index is -3.93. The van der Waals surface area contributed by atoms with Crippen LogP contribution in [0.4, 0.5) is 0 Å². The maximum atomic E-state index is 13.3. The normalized spacial score (nSPS) is 11.6. The monoisotopic (exact) mass is 493 g/mol. The summed E-state index contributed by atoms with van der Waals surface area (Å²) in [5.74, 6) is 0.404. The highest BCUT2D eigenvalue weighted by Crippen LogP contribution is 2.32. The quantitative estimate of drug-likeness (QED) is 0.301. The van der Waals surface area contributed by atoms with E-state index in [1.807, 2.05) is 6.92 Å². The van der Waals surface area contributed by atoms with Gasteiger partial charge in [0.15, 0.2) is 11.5 Å². The molecule has 1 aromatic heterocycles. The van der Waals surface area contributed by atoms with E-state index < -0.39 is 21.5 Å². The van der Waals surface area contributed by atoms with Crippen molar-refractivity contribution >= 4 is 27.0 Å². The summed E-state index contributed by atoms with van der Waals surface area (Å²) in [4.78, 5) is 15.5. The van der Waals surface area contributed by atoms with Crippen molar-refractivity contribution in [3.63, 3.8) is 0 Å². The predicted octanol–water partition coefficient (Wildman–Crippen LogP) is 3.33. The number of benzene rings is 3. The van der Waals surface area contributed by atoms with Crippen LogP contribution < -0.4 is 19.9 Å². The molecule has 0 unspecified atom stereocenters. The number of nitrogens with one attached hydrogen (secondary N) is 1. The van der Waals surface area contributed by atoms with Crippen molar-refractivity contribution < 1.29 is 23.0 Å². The first-order valence-electron chi connectivity index (χ1n) is 10.5. The standard InChI is InChI=1S/C25H23N3O6S/c1-16-8-11-18(12-9-16)35(31,32)27-26-15-21-19-6-4-5-7-20(19)24(29)28(25(21)30)17-10-13-22(33-2)23(14-17)34-3/h4-15,27,30H,1-3H3/b26-15-. The highest BCUT2D eigenvalue weighted by Gasteiger charge is 2.18. The maximum Gasteiger partial charge on any atom is 0.276 e. The number of methoxy groups -OCH3 is 2. The van der Waals surface area contributed by atoms with E-state index in [1.165, 1.54) is 32.6 Å². The molecule has 180 valence electrons. The van der Waals surface area contributed by atoms with Crippen molar-refractivity contribution in [2.75, 3.05) is 14.2 Å². The number of fused-ring (bicyclic) bond motifs is 1. The van der Waals surface area contributed by atoms with Crippen molar-refractivity contribution in [1.29, 1.82) is 0 Å². The third-order valence-electron chi connectivity index (χ3n) is 5.43. The van der Waals surface area contributed by atoms with Gasteiger partial charge in [-0.15, -0.1) is 0 Å². The van der Waals surface area contributed by atoms with Gasteiger partial charge in [0.25, 0.3) is 15.6 Å². The van der Waals surface area contributed by atoms with Crippen LogP contribution in [0.3, 0.4) is 0 Å². The molecule has 0 fully saturated rings. The number of aryl methyl sites for hydroxylation is 1. The zero-order valence-corrected chi connectivity index (χ0v) is 20.0. The predicted molar refractivity (Wildman–Crippen MR) is 133 cm³/mol. The number of aromatic hydroxyl groups is 1. The molecule has 9 nitrogen and oxygen atoms in total. The molecular formula is C25H23N3O6S. The zero-order valence-electron chi connectivity index (χ0n) is 19.2. The average molecular weight is 494 g/mol. The Morgan fingerprint density at radius 2 is 1.60 bits per heavy atom. The van der Waals surface area contributed by atoms with Gasteiger partial charge in [-0.25, -0.2) is 9.40 Å². The van der Waals surface area contributed by atoms with E-state index in [9.17, 15) is 18.3 Å². The van der Waals surface area contributed by atoms with E-state index in [0.29, 0.717) is 28.0 Å². The van der Waals surface area contributed by atoms with E-state index in [2.05, 4.69) is 9.93 Å². The first kappa shape index (κ1) is 23.8. The summed E-state index contributed by atoms with van der Waals surface area (Å²) >= 11 is 0. The number of sulfonamides is 1. The summed E-state index contributed by atoms with van der Waals surface area (Å²) in [6, 6.07) is 17.7. The van der Waals surface area contributed by atoms with Gasteiger partial charge in [-0.1, -0.05) is 35.9 Å². The third kappa shape index (κ3) is 4.56. The molecule has 1 heterocycles. The minimum absolute atomic E-state index is 0.0460. The van der Waals surface area contributed by atoms with Gasteiger partial charge in [0.05, 0.1) is 36.6 Å². The van der Waals surface area contributed by atoms with Crippen molar-refractivity contribution in [2.24, 2.45) is 5.10 Å². The lowest BCUT2D eigenvalue weighted by Crippen LogP contribution is -2.21. The Bertz CT molecular complexity index is 1590. The van der Waals surface area contributed by atoms with Crippen LogP contribution in [0.15, 0.2) is 81.5 Å². The van der Waals surface area contributed by atoms with Gasteiger partial charge in [0.1, 0.15) is 0 Å². The number of ether oxygens (including phenoxy) is 2. The molecule has 0 saturated heterocycles. The summed E-state index contributed by atoms with van der Waals surface area (Å²) < 4.78 is 36.8. The fourth-order valence-corrected chi connectivity index (χ4v) is 4.41. The number of hydrogen-bond acceptors (Lipinski definition) is 7. The number of nitrogens with zero attached hydrogens (tertiary/aromatic N) is 2. The van der Waals surface area contributed by atoms with Gasteiger partial charge in [-0.05, 0) is 37.3 Å². The van der Waals surface area contributed by atoms with Gasteiger partial charge >= 0.3 is 0 Å². The Kier molecular flexibility index (Phi) is 6.48. The molecule has 2 N–H and O–H groups in total. The van der Waals surface area contributed by atoms with Crippen LogP contribution in [0, 0.1) is 6.92 Å². The van der Waals surface area contributed by atoms with Crippen LogP contribution in [-0.2, 0) is 10.0 Å². The second-order valence-electron chi connectivity index (χ2n) is 7.63. The molecule has 0 saturated carbocycles. The molecule has 0 bridgehead atoms. The molecule has 0 aliphatic heterocycles. The van der Waals surface area contributed by atoms with Crippen LogP contribution in [0.5, 0.6) is 17.4 Å². The molecular weight excluding hydrogens is 470 g/mol. The molecule has 0 aliphatic carbocycles. The van der Waals surface area contributed by atoms with Crippen molar-refractivity contribution in [1.82, 2.24) is 9.40 Å². The smallest absolute Gasteiger partial charge is 0.276 e. The number of hydrogen-bond donors (Lipinski definition) is 2. The number of rotatable bonds is 7. The van der Waals surface area contributed by atoms with Crippen molar-refractivity contribution in [2.45, 2.75) is 11.8 Å². The fourth-order valence-electron chi connectivity index (χ4n) is 3.62. The van der Waals surface area contributed by atoms with Gasteiger partial charge in [0, 0.05) is 16.8 Å². The highest BCUT2D eigenvalue weighted by atomic mass is 32.2. The van der Waals surface area contributed by atoms with Crippen LogP contribution in [0.25, 0.3) is 16.5 Å². The van der Waals surface area contributed by atoms with Gasteiger partial charge in [-0.2, -0.15) is 13.5 Å². The van der Waals surface area contributed by atoms with Crippen LogP contribution in [0.2, 0.25) is 0 Å². The first-order chi connectivity index (χ1) is 16.8. The summed E-state index contributed by atoms with van der Waals surface area (Å²) in [5, 5.41) is 15.7. The molecule has 0 amide bonds. The second-order valence-corrected chi connectivity index (χ2v) is 9.29. The second kappa shape index (κ2) is 9.51. The molecule has 0 atom stereocenters. The minimum Gasteiger partial charge on any atom is -0.494 e. The van der Waals surface area contributed by atoms with Crippen LogP contribution >= 0.6 is 0 Å². The fraction of sp³-hybridized carbons (Fsp3) is 0.120. The van der Waals surface area contributed by atoms with E-state index in [4.69, 9.17) is 9.47 Å². The maximum absolute atomic E-state index is 13.3. The topological polar surface area (TPSA) is 119 Å². The molecule has 4 aromatic rings. The van der Waals surface area contributed by atoms with E-state index >= 15 is 0 Å². The molecule has 3 aromatic carbocycles. The van der Waals surface area contributed by atoms with Crippen molar-refractivity contribution in [3.8, 4) is 23.1 Å². The first-order valence-corrected chi connectivity index (χ1v) is 12.0. The van der Waals surface area contributed by atoms with Gasteiger partial charge < -0.3 is 14.6 Å². The van der Waals surface area contributed by atoms with Crippen molar-refractivity contribution in [3.05, 3.63) is 88.2 Å². The lowest BCUT2D eigenvalue weighted by Gasteiger charge is -2.15. The summed E-state index contributed by atoms with van der Waals surface area (Å²) in [7, 11) is -0.978. The lowest BCUT2D eigenvalue weighted by molar-refractivity contribution is 0.354. The number of hydrazone groups is 1. The van der Waals surface area contributed by atoms with E-state index in [1.54, 1.807) is 54.6 Å². The average Bonchev–Trinajstić information content (AvgIpc) is 2.86. The Morgan fingerprint density at radius 3 is 2.26 bits per heavy atom. The largest absolute Gasteiger partial charge is 0.494 e. The summed E-state index contributed by atoms with van der Waals surface area (Å²) in [5.41, 5.74) is 0.927. The lowest BCUT2D eigenvalue weighted by atomic mass is 10.1. The number of pyridine rings is 1. The summed E-state index contributed by atoms with van der Waals surface area (Å²) in [6.07, 6.45) is 1.17. The molecule has 0 spiro atoms. The number of aromatic nitrogens is 1. The Morgan fingerprint density at radius 1 is 0.943 bits per heavy atom. The summed E-state index contributed by atoms with van der Waals surface area (Å²) in [6.45, 7) is 1.85. The molecule has 4 rings (SSSR count). The Balaban J connectivity index is 1.83. The zero-order chi connectivity index (χ0) is 25.2. The molecule has 0 aliphatic rings. The van der Waals surface area contributed by atoms with Gasteiger partial charge in [-0.3, -0.25) is 4.79 Å². The van der Waals surface area contributed by atoms with Crippen LogP contribution in [0.1, 0.15) is 11.1 Å². The van der Waals surface area contributed by atoms with E-state index in [-0.39, 0.29) is 10.5 Å².